The number of rotatable bonds is 4. The van der Waals surface area contributed by atoms with Gasteiger partial charge in [-0.1, -0.05) is 22.0 Å². The van der Waals surface area contributed by atoms with Gasteiger partial charge < -0.3 is 5.73 Å². The average molecular weight is 312 g/mol. The third-order valence-corrected chi connectivity index (χ3v) is 3.32. The van der Waals surface area contributed by atoms with E-state index in [4.69, 9.17) is 5.73 Å². The number of nitrogens with two attached hydrogens (primary N) is 1. The third-order valence-electron chi connectivity index (χ3n) is 2.83. The highest BCUT2D eigenvalue weighted by atomic mass is 79.9. The molecular weight excluding hydrogens is 297 g/mol. The Kier molecular flexibility index (Phi) is 4.14. The molecule has 5 heteroatoms. The molecular formula is C13H15BrFN3. The van der Waals surface area contributed by atoms with Crippen molar-refractivity contribution in [1.82, 2.24) is 9.78 Å². The monoisotopic (exact) mass is 311 g/mol. The number of halogens is 2. The lowest BCUT2D eigenvalue weighted by atomic mass is 10.0. The van der Waals surface area contributed by atoms with Crippen molar-refractivity contribution in [2.24, 2.45) is 5.73 Å². The smallest absolute Gasteiger partial charge is 0.129 e. The molecule has 2 rings (SSSR count). The molecule has 1 aromatic carbocycles. The van der Waals surface area contributed by atoms with E-state index in [1.807, 2.05) is 17.8 Å². The zero-order valence-electron chi connectivity index (χ0n) is 10.1. The molecule has 0 aliphatic heterocycles. The second-order valence-electron chi connectivity index (χ2n) is 4.18. The van der Waals surface area contributed by atoms with Gasteiger partial charge in [0.15, 0.2) is 0 Å². The second-order valence-corrected chi connectivity index (χ2v) is 5.10. The Balaban J connectivity index is 2.13. The third kappa shape index (κ3) is 2.97. The minimum absolute atomic E-state index is 0.278. The lowest BCUT2D eigenvalue weighted by molar-refractivity contribution is 0.579. The van der Waals surface area contributed by atoms with E-state index >= 15 is 0 Å². The molecule has 0 spiro atoms. The van der Waals surface area contributed by atoms with Crippen molar-refractivity contribution in [3.05, 3.63) is 52.0 Å². The quantitative estimate of drug-likeness (QED) is 0.943. The SMILES string of the molecule is CCn1cc(CC(N)c2ccc(Br)cc2F)cn1. The van der Waals surface area contributed by atoms with Crippen molar-refractivity contribution in [3.63, 3.8) is 0 Å². The first-order valence-electron chi connectivity index (χ1n) is 5.82. The van der Waals surface area contributed by atoms with Gasteiger partial charge in [-0.3, -0.25) is 4.68 Å². The van der Waals surface area contributed by atoms with E-state index in [-0.39, 0.29) is 11.9 Å². The van der Waals surface area contributed by atoms with Crippen LogP contribution in [0.4, 0.5) is 4.39 Å². The summed E-state index contributed by atoms with van der Waals surface area (Å²) in [7, 11) is 0. The Hall–Kier alpha value is -1.20. The van der Waals surface area contributed by atoms with Gasteiger partial charge in [0.25, 0.3) is 0 Å². The van der Waals surface area contributed by atoms with E-state index in [9.17, 15) is 4.39 Å². The zero-order chi connectivity index (χ0) is 13.1. The topological polar surface area (TPSA) is 43.8 Å². The molecule has 0 aliphatic carbocycles. The fraction of sp³-hybridized carbons (Fsp3) is 0.308. The first-order valence-corrected chi connectivity index (χ1v) is 6.61. The van der Waals surface area contributed by atoms with Crippen LogP contribution in [-0.2, 0) is 13.0 Å². The van der Waals surface area contributed by atoms with Gasteiger partial charge in [-0.15, -0.1) is 0 Å². The van der Waals surface area contributed by atoms with Crippen LogP contribution in [0.5, 0.6) is 0 Å². The second kappa shape index (κ2) is 5.63. The van der Waals surface area contributed by atoms with Crippen LogP contribution >= 0.6 is 15.9 Å². The molecule has 2 N–H and O–H groups in total. The van der Waals surface area contributed by atoms with Crippen molar-refractivity contribution in [3.8, 4) is 0 Å². The summed E-state index contributed by atoms with van der Waals surface area (Å²) < 4.78 is 16.3. The summed E-state index contributed by atoms with van der Waals surface area (Å²) in [4.78, 5) is 0. The molecule has 0 aliphatic rings. The summed E-state index contributed by atoms with van der Waals surface area (Å²) in [6.45, 7) is 2.84. The van der Waals surface area contributed by atoms with Crippen LogP contribution in [0.3, 0.4) is 0 Å². The summed E-state index contributed by atoms with van der Waals surface area (Å²) in [6.07, 6.45) is 4.30. The van der Waals surface area contributed by atoms with E-state index in [0.717, 1.165) is 16.6 Å². The Bertz CT molecular complexity index is 539. The number of aromatic nitrogens is 2. The summed E-state index contributed by atoms with van der Waals surface area (Å²) in [5, 5.41) is 4.18. The molecule has 1 heterocycles. The van der Waals surface area contributed by atoms with Crippen LogP contribution in [0.1, 0.15) is 24.1 Å². The van der Waals surface area contributed by atoms with Crippen LogP contribution in [0.15, 0.2) is 35.1 Å². The molecule has 1 atom stereocenters. The average Bonchev–Trinajstić information content (AvgIpc) is 2.76. The summed E-state index contributed by atoms with van der Waals surface area (Å²) >= 11 is 3.23. The molecule has 1 aromatic heterocycles. The molecule has 0 saturated heterocycles. The Morgan fingerprint density at radius 2 is 2.28 bits per heavy atom. The molecule has 0 bridgehead atoms. The fourth-order valence-electron chi connectivity index (χ4n) is 1.85. The zero-order valence-corrected chi connectivity index (χ0v) is 11.7. The van der Waals surface area contributed by atoms with Crippen LogP contribution < -0.4 is 5.73 Å². The number of hydrogen-bond acceptors (Lipinski definition) is 2. The maximum atomic E-state index is 13.7. The summed E-state index contributed by atoms with van der Waals surface area (Å²) in [5.74, 6) is -0.278. The molecule has 3 nitrogen and oxygen atoms in total. The predicted octanol–water partition coefficient (Wildman–Crippen LogP) is 3.05. The number of benzene rings is 1. The van der Waals surface area contributed by atoms with Crippen molar-refractivity contribution in [1.29, 1.82) is 0 Å². The maximum Gasteiger partial charge on any atom is 0.129 e. The highest BCUT2D eigenvalue weighted by Gasteiger charge is 2.13. The van der Waals surface area contributed by atoms with Crippen LogP contribution in [-0.4, -0.2) is 9.78 Å². The molecule has 0 fully saturated rings. The maximum absolute atomic E-state index is 13.7. The minimum atomic E-state index is -0.354. The first-order chi connectivity index (χ1) is 8.60. The summed E-state index contributed by atoms with van der Waals surface area (Å²) in [5.41, 5.74) is 7.59. The normalized spacial score (nSPS) is 12.7. The van der Waals surface area contributed by atoms with E-state index in [1.54, 1.807) is 18.3 Å². The van der Waals surface area contributed by atoms with Crippen LogP contribution in [0.25, 0.3) is 0 Å². The predicted molar refractivity (Wildman–Crippen MR) is 72.6 cm³/mol. The molecule has 18 heavy (non-hydrogen) atoms. The van der Waals surface area contributed by atoms with Crippen molar-refractivity contribution < 1.29 is 4.39 Å². The number of aryl methyl sites for hydroxylation is 1. The van der Waals surface area contributed by atoms with E-state index in [2.05, 4.69) is 21.0 Å². The molecule has 0 radical (unpaired) electrons. The number of nitrogens with zero attached hydrogens (tertiary/aromatic N) is 2. The fourth-order valence-corrected chi connectivity index (χ4v) is 2.18. The van der Waals surface area contributed by atoms with Gasteiger partial charge in [0.05, 0.1) is 6.20 Å². The summed E-state index contributed by atoms with van der Waals surface area (Å²) in [6, 6.07) is 4.60. The Morgan fingerprint density at radius 3 is 2.89 bits per heavy atom. The van der Waals surface area contributed by atoms with Crippen molar-refractivity contribution >= 4 is 15.9 Å². The van der Waals surface area contributed by atoms with Gasteiger partial charge in [-0.05, 0) is 31.0 Å². The molecule has 0 amide bonds. The van der Waals surface area contributed by atoms with Gasteiger partial charge in [0, 0.05) is 28.8 Å². The first kappa shape index (κ1) is 13.2. The van der Waals surface area contributed by atoms with Crippen molar-refractivity contribution in [2.75, 3.05) is 0 Å². The van der Waals surface area contributed by atoms with E-state index < -0.39 is 0 Å². The lowest BCUT2D eigenvalue weighted by Gasteiger charge is -2.12. The van der Waals surface area contributed by atoms with Gasteiger partial charge in [-0.25, -0.2) is 4.39 Å². The van der Waals surface area contributed by atoms with Crippen LogP contribution in [0.2, 0.25) is 0 Å². The van der Waals surface area contributed by atoms with Crippen molar-refractivity contribution in [2.45, 2.75) is 25.9 Å². The van der Waals surface area contributed by atoms with Gasteiger partial charge in [-0.2, -0.15) is 5.10 Å². The Morgan fingerprint density at radius 1 is 1.50 bits per heavy atom. The largest absolute Gasteiger partial charge is 0.324 e. The Labute approximate surface area is 114 Å². The molecule has 96 valence electrons. The molecule has 0 saturated carbocycles. The lowest BCUT2D eigenvalue weighted by Crippen LogP contribution is -2.14. The van der Waals surface area contributed by atoms with E-state index in [1.165, 1.54) is 6.07 Å². The van der Waals surface area contributed by atoms with Gasteiger partial charge in [0.2, 0.25) is 0 Å². The molecule has 2 aromatic rings. The van der Waals surface area contributed by atoms with Gasteiger partial charge in [0.1, 0.15) is 5.82 Å². The van der Waals surface area contributed by atoms with Gasteiger partial charge >= 0.3 is 0 Å². The van der Waals surface area contributed by atoms with E-state index in [0.29, 0.717) is 12.0 Å². The highest BCUT2D eigenvalue weighted by molar-refractivity contribution is 9.10. The molecule has 1 unspecified atom stereocenters. The minimum Gasteiger partial charge on any atom is -0.324 e. The standard InChI is InChI=1S/C13H15BrFN3/c1-2-18-8-9(7-17-18)5-13(16)11-4-3-10(14)6-12(11)15/h3-4,6-8,13H,2,5,16H2,1H3. The highest BCUT2D eigenvalue weighted by Crippen LogP contribution is 2.22. The van der Waals surface area contributed by atoms with Crippen LogP contribution in [0, 0.1) is 5.82 Å². The number of hydrogen-bond donors (Lipinski definition) is 1.